The van der Waals surface area contributed by atoms with E-state index in [0.29, 0.717) is 16.5 Å². The molecule has 0 fully saturated rings. The Balaban J connectivity index is 2.03. The number of rotatable bonds is 3. The molecule has 0 saturated carbocycles. The van der Waals surface area contributed by atoms with Gasteiger partial charge >= 0.3 is 0 Å². The number of anilines is 1. The second-order valence-corrected chi connectivity index (χ2v) is 3.71. The van der Waals surface area contributed by atoms with Crippen molar-refractivity contribution in [3.8, 4) is 0 Å². The first-order valence-electron chi connectivity index (χ1n) is 4.79. The normalized spacial score (nSPS) is 10.2. The van der Waals surface area contributed by atoms with Crippen molar-refractivity contribution in [2.24, 2.45) is 0 Å². The van der Waals surface area contributed by atoms with E-state index in [-0.39, 0.29) is 12.5 Å². The van der Waals surface area contributed by atoms with Crippen LogP contribution in [0.25, 0.3) is 0 Å². The van der Waals surface area contributed by atoms with Crippen LogP contribution in [-0.4, -0.2) is 31.1 Å². The highest BCUT2D eigenvalue weighted by Crippen LogP contribution is 2.15. The molecular weight excluding hydrogens is 244 g/mol. The average molecular weight is 253 g/mol. The van der Waals surface area contributed by atoms with Crippen molar-refractivity contribution in [3.05, 3.63) is 29.3 Å². The maximum Gasteiger partial charge on any atom is 0.246 e. The molecule has 2 rings (SSSR count). The lowest BCUT2D eigenvalue weighted by Crippen LogP contribution is -2.19. The van der Waals surface area contributed by atoms with Gasteiger partial charge in [-0.25, -0.2) is 9.67 Å². The van der Waals surface area contributed by atoms with Gasteiger partial charge in [-0.2, -0.15) is 0 Å². The summed E-state index contributed by atoms with van der Waals surface area (Å²) in [6, 6.07) is 3.31. The van der Waals surface area contributed by atoms with E-state index < -0.39 is 0 Å². The molecule has 0 bridgehead atoms. The number of aryl methyl sites for hydroxylation is 1. The minimum Gasteiger partial charge on any atom is -0.323 e. The van der Waals surface area contributed by atoms with Gasteiger partial charge in [-0.15, -0.1) is 5.10 Å². The molecule has 7 nitrogen and oxygen atoms in total. The molecule has 0 atom stereocenters. The Morgan fingerprint density at radius 1 is 1.53 bits per heavy atom. The third-order valence-corrected chi connectivity index (χ3v) is 2.23. The molecule has 88 valence electrons. The molecule has 0 spiro atoms. The predicted octanol–water partition coefficient (Wildman–Crippen LogP) is 0.669. The van der Waals surface area contributed by atoms with E-state index in [1.165, 1.54) is 11.0 Å². The van der Waals surface area contributed by atoms with Crippen molar-refractivity contribution < 1.29 is 4.79 Å². The molecule has 0 aromatic carbocycles. The average Bonchev–Trinajstić information content (AvgIpc) is 2.75. The van der Waals surface area contributed by atoms with Crippen LogP contribution in [0.3, 0.4) is 0 Å². The molecule has 0 saturated heterocycles. The van der Waals surface area contributed by atoms with E-state index in [4.69, 9.17) is 11.6 Å². The molecule has 1 amide bonds. The van der Waals surface area contributed by atoms with Gasteiger partial charge in [-0.3, -0.25) is 4.79 Å². The van der Waals surface area contributed by atoms with Crippen LogP contribution >= 0.6 is 11.6 Å². The van der Waals surface area contributed by atoms with Crippen molar-refractivity contribution >= 4 is 23.2 Å². The molecule has 2 aromatic heterocycles. The number of pyridine rings is 1. The number of tetrazole rings is 1. The minimum atomic E-state index is -0.232. The summed E-state index contributed by atoms with van der Waals surface area (Å²) >= 11 is 5.71. The summed E-state index contributed by atoms with van der Waals surface area (Å²) in [5.74, 6) is -0.232. The Morgan fingerprint density at radius 2 is 2.35 bits per heavy atom. The van der Waals surface area contributed by atoms with E-state index in [1.54, 1.807) is 19.1 Å². The van der Waals surface area contributed by atoms with Crippen LogP contribution in [0.15, 0.2) is 18.5 Å². The molecule has 0 aliphatic rings. The molecule has 0 radical (unpaired) electrons. The Bertz CT molecular complexity index is 526. The molecule has 0 unspecified atom stereocenters. The first-order valence-corrected chi connectivity index (χ1v) is 5.17. The number of nitrogens with one attached hydrogen (secondary N) is 1. The van der Waals surface area contributed by atoms with Gasteiger partial charge < -0.3 is 5.32 Å². The van der Waals surface area contributed by atoms with Gasteiger partial charge in [0.1, 0.15) is 18.0 Å². The smallest absolute Gasteiger partial charge is 0.246 e. The van der Waals surface area contributed by atoms with Gasteiger partial charge in [0.25, 0.3) is 0 Å². The maximum absolute atomic E-state index is 11.6. The quantitative estimate of drug-likeness (QED) is 0.812. The molecule has 8 heteroatoms. The van der Waals surface area contributed by atoms with Gasteiger partial charge in [0, 0.05) is 0 Å². The summed E-state index contributed by atoms with van der Waals surface area (Å²) in [6.45, 7) is 1.81. The Hall–Kier alpha value is -2.02. The van der Waals surface area contributed by atoms with Crippen LogP contribution in [0.2, 0.25) is 5.15 Å². The summed E-state index contributed by atoms with van der Waals surface area (Å²) < 4.78 is 1.33. The lowest BCUT2D eigenvalue weighted by molar-refractivity contribution is -0.116. The summed E-state index contributed by atoms with van der Waals surface area (Å²) in [5.41, 5.74) is 1.27. The number of nitrogens with zero attached hydrogens (tertiary/aromatic N) is 5. The van der Waals surface area contributed by atoms with Crippen LogP contribution in [0.5, 0.6) is 0 Å². The van der Waals surface area contributed by atoms with E-state index in [0.717, 1.165) is 0 Å². The van der Waals surface area contributed by atoms with E-state index in [2.05, 4.69) is 25.8 Å². The van der Waals surface area contributed by atoms with Crippen molar-refractivity contribution in [3.63, 3.8) is 0 Å². The maximum atomic E-state index is 11.6. The monoisotopic (exact) mass is 252 g/mol. The molecule has 0 aliphatic heterocycles. The third-order valence-electron chi connectivity index (χ3n) is 2.02. The van der Waals surface area contributed by atoms with Gasteiger partial charge in [-0.05, 0) is 29.5 Å². The van der Waals surface area contributed by atoms with Crippen LogP contribution < -0.4 is 5.32 Å². The van der Waals surface area contributed by atoms with Crippen LogP contribution in [0.1, 0.15) is 5.69 Å². The number of carbonyl (C=O) groups excluding carboxylic acids is 1. The zero-order valence-corrected chi connectivity index (χ0v) is 9.72. The number of aromatic nitrogens is 5. The fraction of sp³-hybridized carbons (Fsp3) is 0.222. The first-order chi connectivity index (χ1) is 8.15. The second-order valence-electron chi connectivity index (χ2n) is 3.32. The lowest BCUT2D eigenvalue weighted by atomic mass is 10.3. The SMILES string of the molecule is Cc1nc(Cl)ccc1NC(=O)Cn1cnnn1. The second kappa shape index (κ2) is 4.88. The summed E-state index contributed by atoms with van der Waals surface area (Å²) in [7, 11) is 0. The molecular formula is C9H9ClN6O. The van der Waals surface area contributed by atoms with Gasteiger partial charge in [-0.1, -0.05) is 11.6 Å². The number of hydrogen-bond acceptors (Lipinski definition) is 5. The van der Waals surface area contributed by atoms with Crippen molar-refractivity contribution in [1.82, 2.24) is 25.2 Å². The first kappa shape index (κ1) is 11.5. The van der Waals surface area contributed by atoms with Crippen molar-refractivity contribution in [2.75, 3.05) is 5.32 Å². The Kier molecular flexibility index (Phi) is 3.29. The molecule has 17 heavy (non-hydrogen) atoms. The molecule has 2 heterocycles. The molecule has 0 aliphatic carbocycles. The number of carbonyl (C=O) groups is 1. The van der Waals surface area contributed by atoms with E-state index in [9.17, 15) is 4.79 Å². The van der Waals surface area contributed by atoms with Gasteiger partial charge in [0.2, 0.25) is 5.91 Å². The summed E-state index contributed by atoms with van der Waals surface area (Å²) in [4.78, 5) is 15.7. The number of hydrogen-bond donors (Lipinski definition) is 1. The van der Waals surface area contributed by atoms with Crippen LogP contribution in [0.4, 0.5) is 5.69 Å². The number of halogens is 1. The summed E-state index contributed by atoms with van der Waals surface area (Å²) in [6.07, 6.45) is 1.37. The van der Waals surface area contributed by atoms with E-state index >= 15 is 0 Å². The highest BCUT2D eigenvalue weighted by molar-refractivity contribution is 6.29. The largest absolute Gasteiger partial charge is 0.323 e. The zero-order chi connectivity index (χ0) is 12.3. The highest BCUT2D eigenvalue weighted by atomic mass is 35.5. The Morgan fingerprint density at radius 3 is 3.00 bits per heavy atom. The van der Waals surface area contributed by atoms with Crippen molar-refractivity contribution in [1.29, 1.82) is 0 Å². The molecule has 2 aromatic rings. The topological polar surface area (TPSA) is 85.6 Å². The van der Waals surface area contributed by atoms with Crippen LogP contribution in [0, 0.1) is 6.92 Å². The zero-order valence-electron chi connectivity index (χ0n) is 8.96. The summed E-state index contributed by atoms with van der Waals surface area (Å²) in [5, 5.41) is 13.5. The minimum absolute atomic E-state index is 0.0507. The fourth-order valence-corrected chi connectivity index (χ4v) is 1.44. The fourth-order valence-electron chi connectivity index (χ4n) is 1.25. The third kappa shape index (κ3) is 2.97. The van der Waals surface area contributed by atoms with Crippen LogP contribution in [-0.2, 0) is 11.3 Å². The van der Waals surface area contributed by atoms with E-state index in [1.807, 2.05) is 0 Å². The van der Waals surface area contributed by atoms with Gasteiger partial charge in [0.15, 0.2) is 0 Å². The molecule has 1 N–H and O–H groups in total. The standard InChI is InChI=1S/C9H9ClN6O/c1-6-7(2-3-8(10)12-6)13-9(17)4-16-5-11-14-15-16/h2-3,5H,4H2,1H3,(H,13,17). The predicted molar refractivity (Wildman–Crippen MR) is 60.4 cm³/mol. The van der Waals surface area contributed by atoms with Crippen molar-refractivity contribution in [2.45, 2.75) is 13.5 Å². The Labute approximate surface area is 102 Å². The van der Waals surface area contributed by atoms with Gasteiger partial charge in [0.05, 0.1) is 11.4 Å². The number of amides is 1. The highest BCUT2D eigenvalue weighted by Gasteiger charge is 2.07. The lowest BCUT2D eigenvalue weighted by Gasteiger charge is -2.07.